The zero-order chi connectivity index (χ0) is 12.4. The molecular formula is C10H21NO3S2. The summed E-state index contributed by atoms with van der Waals surface area (Å²) < 4.78 is 23.2. The van der Waals surface area contributed by atoms with Crippen LogP contribution in [0.15, 0.2) is 0 Å². The summed E-state index contributed by atoms with van der Waals surface area (Å²) in [5.41, 5.74) is -0.730. The summed E-state index contributed by atoms with van der Waals surface area (Å²) in [6.07, 6.45) is 1.89. The minimum Gasteiger partial charge on any atom is -0.390 e. The van der Waals surface area contributed by atoms with Crippen LogP contribution in [-0.2, 0) is 9.84 Å². The third kappa shape index (κ3) is 4.61. The fraction of sp³-hybridized carbons (Fsp3) is 1.00. The predicted molar refractivity (Wildman–Crippen MR) is 68.4 cm³/mol. The maximum Gasteiger partial charge on any atom is 0.164 e. The molecule has 1 aliphatic rings. The zero-order valence-electron chi connectivity index (χ0n) is 10.1. The second kappa shape index (κ2) is 5.25. The minimum atomic E-state index is -3.02. The Morgan fingerprint density at radius 2 is 2.12 bits per heavy atom. The highest BCUT2D eigenvalue weighted by Crippen LogP contribution is 2.21. The minimum absolute atomic E-state index is 0.381. The van der Waals surface area contributed by atoms with Gasteiger partial charge >= 0.3 is 0 Å². The van der Waals surface area contributed by atoms with E-state index in [0.29, 0.717) is 18.7 Å². The summed E-state index contributed by atoms with van der Waals surface area (Å²) in [7, 11) is -3.02. The lowest BCUT2D eigenvalue weighted by Crippen LogP contribution is -2.48. The first-order valence-corrected chi connectivity index (χ1v) is 8.54. The molecule has 6 heteroatoms. The highest BCUT2D eigenvalue weighted by molar-refractivity contribution is 8.00. The van der Waals surface area contributed by atoms with Gasteiger partial charge in [0.1, 0.15) is 5.37 Å². The van der Waals surface area contributed by atoms with Crippen molar-refractivity contribution in [2.45, 2.75) is 31.2 Å². The summed E-state index contributed by atoms with van der Waals surface area (Å²) in [5.74, 6) is 1.61. The average Bonchev–Trinajstić information content (AvgIpc) is 2.12. The van der Waals surface area contributed by atoms with E-state index in [0.717, 1.165) is 12.3 Å². The number of nitrogens with zero attached hydrogens (tertiary/aromatic N) is 1. The number of aliphatic hydroxyl groups is 1. The van der Waals surface area contributed by atoms with Gasteiger partial charge in [-0.15, -0.1) is 0 Å². The van der Waals surface area contributed by atoms with E-state index in [1.807, 2.05) is 4.90 Å². The van der Waals surface area contributed by atoms with Crippen molar-refractivity contribution < 1.29 is 13.5 Å². The molecule has 1 fully saturated rings. The van der Waals surface area contributed by atoms with Crippen LogP contribution in [-0.4, -0.2) is 60.3 Å². The Kier molecular flexibility index (Phi) is 4.68. The molecule has 0 saturated carbocycles. The molecule has 96 valence electrons. The average molecular weight is 267 g/mol. The molecule has 1 atom stereocenters. The zero-order valence-corrected chi connectivity index (χ0v) is 11.8. The highest BCUT2D eigenvalue weighted by Gasteiger charge is 2.31. The molecule has 16 heavy (non-hydrogen) atoms. The molecule has 1 heterocycles. The quantitative estimate of drug-likeness (QED) is 0.807. The van der Waals surface area contributed by atoms with Gasteiger partial charge in [-0.05, 0) is 20.3 Å². The molecule has 4 nitrogen and oxygen atoms in total. The van der Waals surface area contributed by atoms with Gasteiger partial charge in [0.15, 0.2) is 9.84 Å². The predicted octanol–water partition coefficient (Wildman–Crippen LogP) is 0.567. The molecular weight excluding hydrogens is 246 g/mol. The first-order valence-electron chi connectivity index (χ1n) is 5.43. The van der Waals surface area contributed by atoms with E-state index in [1.165, 1.54) is 6.26 Å². The van der Waals surface area contributed by atoms with E-state index in [1.54, 1.807) is 25.6 Å². The van der Waals surface area contributed by atoms with Crippen molar-refractivity contribution in [3.05, 3.63) is 0 Å². The molecule has 0 aliphatic carbocycles. The second-order valence-electron chi connectivity index (χ2n) is 4.96. The fourth-order valence-electron chi connectivity index (χ4n) is 1.68. The normalized spacial score (nSPS) is 24.6. The molecule has 0 aromatic rings. The Labute approximate surface area is 102 Å². The number of hydrogen-bond donors (Lipinski definition) is 1. The number of hydrogen-bond acceptors (Lipinski definition) is 5. The van der Waals surface area contributed by atoms with Crippen molar-refractivity contribution in [3.8, 4) is 0 Å². The standard InChI is InChI=1S/C10H21NO3S2/c1-10(2,12)4-5-11-6-7-15-8-9(11)16(3,13)14/h9,12H,4-8H2,1-3H3. The monoisotopic (exact) mass is 267 g/mol. The van der Waals surface area contributed by atoms with Crippen LogP contribution < -0.4 is 0 Å². The SMILES string of the molecule is CC(C)(O)CCN1CCSCC1S(C)(=O)=O. The molecule has 0 aromatic carbocycles. The van der Waals surface area contributed by atoms with Crippen molar-refractivity contribution >= 4 is 21.6 Å². The Morgan fingerprint density at radius 1 is 1.50 bits per heavy atom. The largest absolute Gasteiger partial charge is 0.390 e. The van der Waals surface area contributed by atoms with E-state index in [-0.39, 0.29) is 5.37 Å². The van der Waals surface area contributed by atoms with Crippen molar-refractivity contribution in [2.75, 3.05) is 30.9 Å². The van der Waals surface area contributed by atoms with Gasteiger partial charge in [0.05, 0.1) is 5.60 Å². The third-order valence-electron chi connectivity index (χ3n) is 2.70. The molecule has 0 bridgehead atoms. The topological polar surface area (TPSA) is 57.6 Å². The van der Waals surface area contributed by atoms with Crippen LogP contribution in [0.5, 0.6) is 0 Å². The van der Waals surface area contributed by atoms with Gasteiger partial charge in [-0.1, -0.05) is 0 Å². The van der Waals surface area contributed by atoms with E-state index in [9.17, 15) is 13.5 Å². The van der Waals surface area contributed by atoms with Gasteiger partial charge in [-0.25, -0.2) is 8.42 Å². The van der Waals surface area contributed by atoms with Crippen LogP contribution in [0, 0.1) is 0 Å². The van der Waals surface area contributed by atoms with Crippen molar-refractivity contribution in [1.29, 1.82) is 0 Å². The lowest BCUT2D eigenvalue weighted by Gasteiger charge is -2.35. The maximum absolute atomic E-state index is 11.6. The molecule has 0 spiro atoms. The van der Waals surface area contributed by atoms with Crippen molar-refractivity contribution in [1.82, 2.24) is 4.90 Å². The molecule has 1 saturated heterocycles. The highest BCUT2D eigenvalue weighted by atomic mass is 32.2. The number of thioether (sulfide) groups is 1. The van der Waals surface area contributed by atoms with Crippen molar-refractivity contribution in [2.24, 2.45) is 0 Å². The molecule has 1 rings (SSSR count). The van der Waals surface area contributed by atoms with Gasteiger partial charge < -0.3 is 5.11 Å². The number of rotatable bonds is 4. The van der Waals surface area contributed by atoms with Gasteiger partial charge in [0, 0.05) is 30.9 Å². The van der Waals surface area contributed by atoms with Gasteiger partial charge in [-0.2, -0.15) is 11.8 Å². The third-order valence-corrected chi connectivity index (χ3v) is 5.38. The Morgan fingerprint density at radius 3 is 2.62 bits per heavy atom. The van der Waals surface area contributed by atoms with Gasteiger partial charge in [0.2, 0.25) is 0 Å². The second-order valence-corrected chi connectivity index (χ2v) is 8.31. The summed E-state index contributed by atoms with van der Waals surface area (Å²) in [5, 5.41) is 9.28. The van der Waals surface area contributed by atoms with E-state index in [2.05, 4.69) is 0 Å². The van der Waals surface area contributed by atoms with Crippen molar-refractivity contribution in [3.63, 3.8) is 0 Å². The lowest BCUT2D eigenvalue weighted by molar-refractivity contribution is 0.0571. The molecule has 0 aromatic heterocycles. The van der Waals surface area contributed by atoms with Crippen LogP contribution in [0.3, 0.4) is 0 Å². The lowest BCUT2D eigenvalue weighted by atomic mass is 10.1. The van der Waals surface area contributed by atoms with Gasteiger partial charge in [0.25, 0.3) is 0 Å². The summed E-state index contributed by atoms with van der Waals surface area (Å²) in [6.45, 7) is 4.93. The van der Waals surface area contributed by atoms with Crippen LogP contribution in [0.4, 0.5) is 0 Å². The summed E-state index contributed by atoms with van der Waals surface area (Å²) in [4.78, 5) is 1.98. The smallest absolute Gasteiger partial charge is 0.164 e. The molecule has 1 aliphatic heterocycles. The first-order chi connectivity index (χ1) is 7.20. The van der Waals surface area contributed by atoms with Crippen LogP contribution in [0.1, 0.15) is 20.3 Å². The Bertz CT molecular complexity index is 321. The van der Waals surface area contributed by atoms with E-state index >= 15 is 0 Å². The van der Waals surface area contributed by atoms with Gasteiger partial charge in [-0.3, -0.25) is 4.90 Å². The number of sulfone groups is 1. The van der Waals surface area contributed by atoms with E-state index < -0.39 is 15.4 Å². The molecule has 0 amide bonds. The van der Waals surface area contributed by atoms with E-state index in [4.69, 9.17) is 0 Å². The Balaban J connectivity index is 2.62. The van der Waals surface area contributed by atoms with Crippen LogP contribution in [0.2, 0.25) is 0 Å². The molecule has 1 unspecified atom stereocenters. The summed E-state index contributed by atoms with van der Waals surface area (Å²) in [6, 6.07) is 0. The van der Waals surface area contributed by atoms with Crippen LogP contribution in [0.25, 0.3) is 0 Å². The maximum atomic E-state index is 11.6. The molecule has 0 radical (unpaired) electrons. The van der Waals surface area contributed by atoms with Crippen LogP contribution >= 0.6 is 11.8 Å². The Hall–Kier alpha value is 0.220. The first kappa shape index (κ1) is 14.3. The summed E-state index contributed by atoms with van der Waals surface area (Å²) >= 11 is 1.68. The fourth-order valence-corrected chi connectivity index (χ4v) is 4.66. The molecule has 1 N–H and O–H groups in total.